The Bertz CT molecular complexity index is 1440. The Balaban J connectivity index is 0.000000273. The summed E-state index contributed by atoms with van der Waals surface area (Å²) in [6, 6.07) is 43.9. The molecule has 0 atom stereocenters. The molecule has 2 heteroatoms. The van der Waals surface area contributed by atoms with Gasteiger partial charge in [0.2, 0.25) is 12.2 Å². The number of rotatable bonds is 17. The highest BCUT2D eigenvalue weighted by atomic mass is 14.9. The molecule has 0 aliphatic rings. The van der Waals surface area contributed by atoms with Gasteiger partial charge in [-0.1, -0.05) is 197 Å². The lowest BCUT2D eigenvalue weighted by Crippen LogP contribution is -2.53. The van der Waals surface area contributed by atoms with E-state index >= 15 is 0 Å². The molecule has 0 fully saturated rings. The summed E-state index contributed by atoms with van der Waals surface area (Å²) in [7, 11) is 0. The first-order valence-electron chi connectivity index (χ1n) is 17.9. The highest BCUT2D eigenvalue weighted by Gasteiger charge is 2.23. The highest BCUT2D eigenvalue weighted by molar-refractivity contribution is 6.95. The maximum Gasteiger partial charge on any atom is 0.241 e. The van der Waals surface area contributed by atoms with E-state index in [-0.39, 0.29) is 0 Å². The lowest BCUT2D eigenvalue weighted by atomic mass is 9.36. The van der Waals surface area contributed by atoms with E-state index in [0.717, 1.165) is 6.54 Å². The quantitative estimate of drug-likeness (QED) is 0.0572. The molecule has 0 amide bonds. The number of hydrogen-bond donors (Lipinski definition) is 0. The normalized spacial score (nSPS) is 10.8. The zero-order chi connectivity index (χ0) is 31.4. The van der Waals surface area contributed by atoms with Crippen LogP contribution < -0.4 is 21.0 Å². The highest BCUT2D eigenvalue weighted by Crippen LogP contribution is 2.13. The molecule has 234 valence electrons. The third kappa shape index (κ3) is 11.3. The molecular weight excluding hydrogens is 541 g/mol. The maximum atomic E-state index is 2.35. The summed E-state index contributed by atoms with van der Waals surface area (Å²) < 4.78 is 2.33. The summed E-state index contributed by atoms with van der Waals surface area (Å²) in [5, 5.41) is 1.33. The van der Waals surface area contributed by atoms with Crippen molar-refractivity contribution < 1.29 is 4.57 Å². The van der Waals surface area contributed by atoms with Gasteiger partial charge < -0.3 is 0 Å². The van der Waals surface area contributed by atoms with Crippen LogP contribution in [0.5, 0.6) is 0 Å². The van der Waals surface area contributed by atoms with Gasteiger partial charge in [-0.3, -0.25) is 0 Å². The van der Waals surface area contributed by atoms with Crippen LogP contribution in [-0.2, 0) is 13.0 Å². The first kappa shape index (κ1) is 34.2. The van der Waals surface area contributed by atoms with E-state index in [0.29, 0.717) is 6.71 Å². The van der Waals surface area contributed by atoms with Crippen LogP contribution in [0.3, 0.4) is 0 Å². The Morgan fingerprint density at radius 1 is 0.467 bits per heavy atom. The van der Waals surface area contributed by atoms with E-state index in [2.05, 4.69) is 146 Å². The largest absolute Gasteiger partial charge is 0.241 e. The van der Waals surface area contributed by atoms with Crippen molar-refractivity contribution in [3.8, 4) is 0 Å². The number of benzene rings is 4. The lowest BCUT2D eigenvalue weighted by molar-refractivity contribution is -0.671. The maximum absolute atomic E-state index is 2.35. The lowest BCUT2D eigenvalue weighted by Gasteiger charge is -2.19. The predicted molar refractivity (Wildman–Crippen MR) is 199 cm³/mol. The monoisotopic (exact) mass is 596 g/mol. The van der Waals surface area contributed by atoms with Gasteiger partial charge in [0.25, 0.3) is 0 Å². The second kappa shape index (κ2) is 20.4. The summed E-state index contributed by atoms with van der Waals surface area (Å²) >= 11 is 0. The van der Waals surface area contributed by atoms with Crippen molar-refractivity contribution in [2.24, 2.45) is 0 Å². The minimum atomic E-state index is 0.307. The first-order chi connectivity index (χ1) is 22.3. The van der Waals surface area contributed by atoms with Crippen molar-refractivity contribution in [1.82, 2.24) is 0 Å². The minimum absolute atomic E-state index is 0.307. The van der Waals surface area contributed by atoms with Crippen molar-refractivity contribution in [3.05, 3.63) is 133 Å². The van der Waals surface area contributed by atoms with E-state index in [1.54, 1.807) is 0 Å². The third-order valence-corrected chi connectivity index (χ3v) is 8.97. The molecule has 0 spiro atoms. The van der Waals surface area contributed by atoms with E-state index in [9.17, 15) is 0 Å². The SMILES string of the molecule is CCCCCCCCCCCCc1ccccc1B(c1ccccc1)c1ccccc1.CCCC[n+]1cccc2ccccc21. The Labute approximate surface area is 274 Å². The van der Waals surface area contributed by atoms with E-state index < -0.39 is 0 Å². The number of hydrogen-bond acceptors (Lipinski definition) is 0. The molecule has 1 nitrogen and oxygen atoms in total. The van der Waals surface area contributed by atoms with Crippen molar-refractivity contribution in [1.29, 1.82) is 0 Å². The zero-order valence-corrected chi connectivity index (χ0v) is 28.0. The molecule has 0 aliphatic carbocycles. The molecule has 0 bridgehead atoms. The molecule has 4 aromatic carbocycles. The van der Waals surface area contributed by atoms with E-state index in [1.807, 2.05) is 0 Å². The van der Waals surface area contributed by atoms with Crippen LogP contribution in [0.25, 0.3) is 10.9 Å². The number of unbranched alkanes of at least 4 members (excludes halogenated alkanes) is 10. The van der Waals surface area contributed by atoms with Gasteiger partial charge in [0.1, 0.15) is 6.54 Å². The molecule has 1 heterocycles. The van der Waals surface area contributed by atoms with Crippen LogP contribution in [0, 0.1) is 0 Å². The van der Waals surface area contributed by atoms with Gasteiger partial charge in [-0.2, -0.15) is 4.57 Å². The summed E-state index contributed by atoms with van der Waals surface area (Å²) in [4.78, 5) is 0. The number of aryl methyl sites for hydroxylation is 2. The van der Waals surface area contributed by atoms with Gasteiger partial charge in [-0.15, -0.1) is 0 Å². The Morgan fingerprint density at radius 2 is 0.978 bits per heavy atom. The second-order valence-corrected chi connectivity index (χ2v) is 12.5. The van der Waals surface area contributed by atoms with Crippen molar-refractivity contribution in [2.45, 2.75) is 104 Å². The Morgan fingerprint density at radius 3 is 1.62 bits per heavy atom. The fraction of sp³-hybridized carbons (Fsp3) is 0.372. The van der Waals surface area contributed by atoms with Crippen LogP contribution >= 0.6 is 0 Å². The predicted octanol–water partition coefficient (Wildman–Crippen LogP) is 9.59. The Kier molecular flexibility index (Phi) is 15.5. The van der Waals surface area contributed by atoms with Crippen molar-refractivity contribution >= 4 is 34.0 Å². The topological polar surface area (TPSA) is 3.88 Å². The van der Waals surface area contributed by atoms with Crippen LogP contribution in [-0.4, -0.2) is 6.71 Å². The van der Waals surface area contributed by atoms with Gasteiger partial charge >= 0.3 is 0 Å². The summed E-state index contributed by atoms with van der Waals surface area (Å²) in [6.07, 6.45) is 19.7. The minimum Gasteiger partial charge on any atom is -0.198 e. The number of nitrogens with zero attached hydrogens (tertiary/aromatic N) is 1. The summed E-state index contributed by atoms with van der Waals surface area (Å²) in [5.41, 5.74) is 7.08. The molecule has 5 aromatic rings. The standard InChI is InChI=1S/C30H39B.C13H16N/c1-2-3-4-5-6-7-8-9-10-13-20-27-21-18-19-26-30(27)31(28-22-14-11-15-23-28)29-24-16-12-17-25-29;1-2-3-10-14-11-6-8-12-7-4-5-9-13(12)14/h11-12,14-19,21-26H,2-10,13,20H2,1H3;4-9,11H,2-3,10H2,1H3/q;+1. The van der Waals surface area contributed by atoms with Crippen LogP contribution in [0.1, 0.15) is 96.5 Å². The van der Waals surface area contributed by atoms with Crippen LogP contribution in [0.2, 0.25) is 0 Å². The molecule has 0 aliphatic heterocycles. The number of pyridine rings is 1. The first-order valence-corrected chi connectivity index (χ1v) is 17.9. The van der Waals surface area contributed by atoms with Crippen molar-refractivity contribution in [2.75, 3.05) is 0 Å². The molecule has 0 N–H and O–H groups in total. The molecule has 0 saturated heterocycles. The fourth-order valence-electron chi connectivity index (χ4n) is 6.43. The van der Waals surface area contributed by atoms with Crippen molar-refractivity contribution in [3.63, 3.8) is 0 Å². The number of fused-ring (bicyclic) bond motifs is 1. The van der Waals surface area contributed by atoms with E-state index in [4.69, 9.17) is 0 Å². The third-order valence-electron chi connectivity index (χ3n) is 8.97. The van der Waals surface area contributed by atoms with Gasteiger partial charge in [0.15, 0.2) is 6.20 Å². The molecule has 1 aromatic heterocycles. The van der Waals surface area contributed by atoms with Gasteiger partial charge in [-0.05, 0) is 25.0 Å². The van der Waals surface area contributed by atoms with E-state index in [1.165, 1.54) is 116 Å². The smallest absolute Gasteiger partial charge is 0.198 e. The molecule has 0 radical (unpaired) electrons. The molecule has 0 saturated carbocycles. The average molecular weight is 597 g/mol. The summed E-state index contributed by atoms with van der Waals surface area (Å²) in [6.45, 7) is 5.95. The fourth-order valence-corrected chi connectivity index (χ4v) is 6.43. The van der Waals surface area contributed by atoms with Gasteiger partial charge in [0, 0.05) is 23.9 Å². The molecule has 0 unspecified atom stereocenters. The Hall–Kier alpha value is -3.65. The molecule has 45 heavy (non-hydrogen) atoms. The second-order valence-electron chi connectivity index (χ2n) is 12.5. The van der Waals surface area contributed by atoms with Crippen LogP contribution in [0.15, 0.2) is 128 Å². The summed E-state index contributed by atoms with van der Waals surface area (Å²) in [5.74, 6) is 0. The van der Waals surface area contributed by atoms with Gasteiger partial charge in [0.05, 0.1) is 0 Å². The molecule has 5 rings (SSSR count). The van der Waals surface area contributed by atoms with Gasteiger partial charge in [-0.25, -0.2) is 0 Å². The number of aromatic nitrogens is 1. The van der Waals surface area contributed by atoms with Crippen LogP contribution in [0.4, 0.5) is 0 Å². The average Bonchev–Trinajstić information content (AvgIpc) is 3.10. The molecular formula is C43H55BN+. The zero-order valence-electron chi connectivity index (χ0n) is 28.0. The number of para-hydroxylation sites is 1.